The molecule has 0 bridgehead atoms. The molecule has 5 rings (SSSR count). The lowest BCUT2D eigenvalue weighted by Crippen LogP contribution is -2.36. The van der Waals surface area contributed by atoms with Gasteiger partial charge in [0.1, 0.15) is 5.75 Å². The molecule has 0 radical (unpaired) electrons. The second-order valence-electron chi connectivity index (χ2n) is 10.7. The van der Waals surface area contributed by atoms with Gasteiger partial charge in [-0.2, -0.15) is 0 Å². The number of primary sulfonamides is 1. The van der Waals surface area contributed by atoms with E-state index < -0.39 is 27.7 Å². The first-order valence-electron chi connectivity index (χ1n) is 14.6. The molecule has 0 saturated carbocycles. The fourth-order valence-corrected chi connectivity index (χ4v) is 5.48. The number of piperidine rings is 1. The number of methoxy groups -OCH3 is 1. The molecule has 5 N–H and O–H groups in total. The number of nitrogens with zero attached hydrogens (tertiary/aromatic N) is 1. The highest BCUT2D eigenvalue weighted by molar-refractivity contribution is 7.89. The zero-order valence-corrected chi connectivity index (χ0v) is 25.9. The van der Waals surface area contributed by atoms with Crippen molar-refractivity contribution in [2.75, 3.05) is 38.7 Å². The average molecular weight is 652 g/mol. The standard InChI is InChI=1S/C32H34FN5O7S/c1-43-29-17-24-26(18-30(29)44-19-21-8-12-35-13-9-21)36-15-11-27(24)45-28-7-4-22(16-25(28)33)38-32(40)31(39)37-14-10-20-2-5-23(6-3-20)46(34,41)42/h2-7,11,15-18,21,35H,8-10,12-14,19H2,1H3,(H,37,39)(H,38,40)(H2,34,41,42). The number of rotatable bonds is 11. The van der Waals surface area contributed by atoms with Crippen molar-refractivity contribution >= 4 is 38.4 Å². The van der Waals surface area contributed by atoms with Crippen LogP contribution < -0.4 is 35.3 Å². The van der Waals surface area contributed by atoms with Crippen LogP contribution in [0.3, 0.4) is 0 Å². The van der Waals surface area contributed by atoms with Gasteiger partial charge in [0, 0.05) is 35.9 Å². The number of pyridine rings is 1. The molecule has 2 heterocycles. The molecule has 0 spiro atoms. The minimum Gasteiger partial charge on any atom is -0.493 e. The largest absolute Gasteiger partial charge is 0.493 e. The number of halogens is 1. The van der Waals surface area contributed by atoms with E-state index in [1.54, 1.807) is 43.6 Å². The van der Waals surface area contributed by atoms with Gasteiger partial charge in [-0.15, -0.1) is 0 Å². The second-order valence-corrected chi connectivity index (χ2v) is 12.3. The summed E-state index contributed by atoms with van der Waals surface area (Å²) in [7, 11) is -2.26. The summed E-state index contributed by atoms with van der Waals surface area (Å²) < 4.78 is 55.4. The van der Waals surface area contributed by atoms with E-state index in [0.717, 1.165) is 37.6 Å². The lowest BCUT2D eigenvalue weighted by Gasteiger charge is -2.23. The first-order valence-corrected chi connectivity index (χ1v) is 16.1. The Labute approximate surface area is 265 Å². The molecule has 242 valence electrons. The van der Waals surface area contributed by atoms with Crippen molar-refractivity contribution in [2.24, 2.45) is 11.1 Å². The van der Waals surface area contributed by atoms with E-state index in [1.807, 2.05) is 0 Å². The second kappa shape index (κ2) is 14.5. The Morgan fingerprint density at radius 3 is 2.43 bits per heavy atom. The highest BCUT2D eigenvalue weighted by atomic mass is 32.2. The van der Waals surface area contributed by atoms with Crippen molar-refractivity contribution in [3.05, 3.63) is 78.2 Å². The van der Waals surface area contributed by atoms with Crippen LogP contribution in [0.15, 0.2) is 71.8 Å². The summed E-state index contributed by atoms with van der Waals surface area (Å²) in [5, 5.41) is 13.8. The summed E-state index contributed by atoms with van der Waals surface area (Å²) in [6.07, 6.45) is 3.97. The number of fused-ring (bicyclic) bond motifs is 1. The van der Waals surface area contributed by atoms with Crippen molar-refractivity contribution in [3.8, 4) is 23.0 Å². The molecular formula is C32H34FN5O7S. The maximum atomic E-state index is 15.1. The average Bonchev–Trinajstić information content (AvgIpc) is 3.05. The third-order valence-electron chi connectivity index (χ3n) is 7.49. The zero-order chi connectivity index (χ0) is 32.7. The molecule has 1 aliphatic rings. The predicted molar refractivity (Wildman–Crippen MR) is 169 cm³/mol. The van der Waals surface area contributed by atoms with Gasteiger partial charge < -0.3 is 30.2 Å². The van der Waals surface area contributed by atoms with Crippen LogP contribution in [0, 0.1) is 11.7 Å². The van der Waals surface area contributed by atoms with Gasteiger partial charge in [-0.3, -0.25) is 14.6 Å². The minimum absolute atomic E-state index is 0.0278. The van der Waals surface area contributed by atoms with Gasteiger partial charge in [-0.1, -0.05) is 12.1 Å². The highest BCUT2D eigenvalue weighted by Gasteiger charge is 2.18. The Morgan fingerprint density at radius 2 is 1.74 bits per heavy atom. The number of ether oxygens (including phenoxy) is 3. The first-order chi connectivity index (χ1) is 22.1. The molecule has 4 aromatic rings. The zero-order valence-electron chi connectivity index (χ0n) is 25.0. The fraction of sp³-hybridized carbons (Fsp3) is 0.281. The highest BCUT2D eigenvalue weighted by Crippen LogP contribution is 2.38. The lowest BCUT2D eigenvalue weighted by atomic mass is 9.99. The summed E-state index contributed by atoms with van der Waals surface area (Å²) in [5.41, 5.74) is 1.36. The smallest absolute Gasteiger partial charge is 0.313 e. The molecule has 1 saturated heterocycles. The van der Waals surface area contributed by atoms with E-state index in [0.29, 0.717) is 47.1 Å². The SMILES string of the molecule is COc1cc2c(Oc3ccc(NC(=O)C(=O)NCCc4ccc(S(N)(=O)=O)cc4)cc3F)ccnc2cc1OCC1CCNCC1. The van der Waals surface area contributed by atoms with E-state index in [4.69, 9.17) is 19.3 Å². The first kappa shape index (κ1) is 32.6. The quantitative estimate of drug-likeness (QED) is 0.177. The van der Waals surface area contributed by atoms with Crippen LogP contribution in [-0.4, -0.2) is 58.6 Å². The van der Waals surface area contributed by atoms with Crippen molar-refractivity contribution in [1.82, 2.24) is 15.6 Å². The maximum Gasteiger partial charge on any atom is 0.313 e. The van der Waals surface area contributed by atoms with Crippen LogP contribution in [0.2, 0.25) is 0 Å². The maximum absolute atomic E-state index is 15.1. The van der Waals surface area contributed by atoms with Crippen LogP contribution in [0.4, 0.5) is 10.1 Å². The number of nitrogens with one attached hydrogen (secondary N) is 3. The summed E-state index contributed by atoms with van der Waals surface area (Å²) in [4.78, 5) is 29.0. The monoisotopic (exact) mass is 651 g/mol. The topological polar surface area (TPSA) is 171 Å². The number of carbonyl (C=O) groups is 2. The van der Waals surface area contributed by atoms with Crippen LogP contribution in [0.1, 0.15) is 18.4 Å². The normalized spacial score (nSPS) is 13.6. The minimum atomic E-state index is -3.80. The molecule has 12 nitrogen and oxygen atoms in total. The van der Waals surface area contributed by atoms with E-state index >= 15 is 4.39 Å². The third-order valence-corrected chi connectivity index (χ3v) is 8.42. The van der Waals surface area contributed by atoms with Crippen molar-refractivity contribution in [3.63, 3.8) is 0 Å². The van der Waals surface area contributed by atoms with Gasteiger partial charge in [-0.25, -0.2) is 17.9 Å². The summed E-state index contributed by atoms with van der Waals surface area (Å²) in [6, 6.07) is 14.7. The number of hydrogen-bond donors (Lipinski definition) is 4. The van der Waals surface area contributed by atoms with Crippen molar-refractivity contribution in [2.45, 2.75) is 24.2 Å². The molecule has 1 aliphatic heterocycles. The number of hydrogen-bond acceptors (Lipinski definition) is 9. The van der Waals surface area contributed by atoms with Crippen LogP contribution in [0.5, 0.6) is 23.0 Å². The predicted octanol–water partition coefficient (Wildman–Crippen LogP) is 3.50. The Hall–Kier alpha value is -4.79. The fourth-order valence-electron chi connectivity index (χ4n) is 4.96. The third kappa shape index (κ3) is 8.27. The van der Waals surface area contributed by atoms with Gasteiger partial charge in [0.15, 0.2) is 23.1 Å². The van der Waals surface area contributed by atoms with Gasteiger partial charge in [0.2, 0.25) is 10.0 Å². The molecule has 2 amide bonds. The lowest BCUT2D eigenvalue weighted by molar-refractivity contribution is -0.136. The number of anilines is 1. The Balaban J connectivity index is 1.19. The number of nitrogens with two attached hydrogens (primary N) is 1. The number of sulfonamides is 1. The van der Waals surface area contributed by atoms with Gasteiger partial charge >= 0.3 is 11.8 Å². The molecule has 0 atom stereocenters. The molecule has 14 heteroatoms. The van der Waals surface area contributed by atoms with Crippen molar-refractivity contribution in [1.29, 1.82) is 0 Å². The van der Waals surface area contributed by atoms with E-state index in [2.05, 4.69) is 20.9 Å². The van der Waals surface area contributed by atoms with Gasteiger partial charge in [0.25, 0.3) is 0 Å². The molecule has 1 fully saturated rings. The Kier molecular flexibility index (Phi) is 10.3. The number of benzene rings is 3. The Bertz CT molecular complexity index is 1830. The molecular weight excluding hydrogens is 617 g/mol. The summed E-state index contributed by atoms with van der Waals surface area (Å²) in [6.45, 7) is 2.61. The van der Waals surface area contributed by atoms with Crippen molar-refractivity contribution < 1.29 is 36.6 Å². The van der Waals surface area contributed by atoms with E-state index in [-0.39, 0.29) is 22.9 Å². The van der Waals surface area contributed by atoms with E-state index in [1.165, 1.54) is 24.3 Å². The van der Waals surface area contributed by atoms with E-state index in [9.17, 15) is 18.0 Å². The Morgan fingerprint density at radius 1 is 0.978 bits per heavy atom. The summed E-state index contributed by atoms with van der Waals surface area (Å²) in [5.74, 6) is -0.924. The van der Waals surface area contributed by atoms with Gasteiger partial charge in [-0.05, 0) is 80.2 Å². The number of carbonyl (C=O) groups excluding carboxylic acids is 2. The van der Waals surface area contributed by atoms with Gasteiger partial charge in [0.05, 0.1) is 24.1 Å². The van der Waals surface area contributed by atoms with Crippen LogP contribution in [0.25, 0.3) is 10.9 Å². The molecule has 3 aromatic carbocycles. The molecule has 0 aliphatic carbocycles. The van der Waals surface area contributed by atoms with Crippen LogP contribution >= 0.6 is 0 Å². The number of aromatic nitrogens is 1. The van der Waals surface area contributed by atoms with Crippen LogP contribution in [-0.2, 0) is 26.0 Å². The number of amides is 2. The molecule has 0 unspecified atom stereocenters. The summed E-state index contributed by atoms with van der Waals surface area (Å²) >= 11 is 0. The molecule has 46 heavy (non-hydrogen) atoms. The molecule has 1 aromatic heterocycles.